The van der Waals surface area contributed by atoms with E-state index >= 15 is 0 Å². The van der Waals surface area contributed by atoms with Crippen LogP contribution in [0.25, 0.3) is 10.2 Å². The molecule has 2 rings (SSSR count). The summed E-state index contributed by atoms with van der Waals surface area (Å²) in [7, 11) is 0. The third kappa shape index (κ3) is 5.31. The molecule has 0 saturated carbocycles. The molecule has 1 aromatic carbocycles. The lowest BCUT2D eigenvalue weighted by molar-refractivity contribution is -0.143. The van der Waals surface area contributed by atoms with Crippen molar-refractivity contribution in [3.63, 3.8) is 0 Å². The lowest BCUT2D eigenvalue weighted by Gasteiger charge is -2.04. The average Bonchev–Trinajstić information content (AvgIpc) is 2.93. The first kappa shape index (κ1) is 16.8. The Morgan fingerprint density at radius 1 is 1.36 bits per heavy atom. The highest BCUT2D eigenvalue weighted by Gasteiger charge is 2.07. The predicted octanol–water partition coefficient (Wildman–Crippen LogP) is 2.85. The molecule has 118 valence electrons. The van der Waals surface area contributed by atoms with E-state index in [2.05, 4.69) is 10.3 Å². The number of amides is 1. The van der Waals surface area contributed by atoms with E-state index in [1.807, 2.05) is 24.3 Å². The zero-order valence-corrected chi connectivity index (χ0v) is 14.0. The molecule has 0 bridgehead atoms. The smallest absolute Gasteiger partial charge is 0.305 e. The molecule has 1 aromatic heterocycles. The van der Waals surface area contributed by atoms with Gasteiger partial charge in [-0.3, -0.25) is 9.59 Å². The van der Waals surface area contributed by atoms with E-state index in [0.29, 0.717) is 31.7 Å². The maximum absolute atomic E-state index is 11.7. The first-order valence-corrected chi connectivity index (χ1v) is 8.90. The summed E-state index contributed by atoms with van der Waals surface area (Å²) in [6.07, 6.45) is 0.926. The van der Waals surface area contributed by atoms with Gasteiger partial charge >= 0.3 is 5.97 Å². The molecule has 0 unspecified atom stereocenters. The average molecular weight is 338 g/mol. The Kier molecular flexibility index (Phi) is 6.67. The molecule has 7 heteroatoms. The number of ether oxygens (including phenoxy) is 1. The van der Waals surface area contributed by atoms with Gasteiger partial charge in [-0.05, 0) is 25.5 Å². The van der Waals surface area contributed by atoms with Crippen LogP contribution in [0.4, 0.5) is 0 Å². The van der Waals surface area contributed by atoms with Gasteiger partial charge in [0.2, 0.25) is 5.91 Å². The fourth-order valence-electron chi connectivity index (χ4n) is 1.78. The second-order valence-corrected chi connectivity index (χ2v) is 6.75. The van der Waals surface area contributed by atoms with Gasteiger partial charge in [-0.1, -0.05) is 23.9 Å². The van der Waals surface area contributed by atoms with Crippen LogP contribution in [0, 0.1) is 0 Å². The van der Waals surface area contributed by atoms with Crippen molar-refractivity contribution in [2.75, 3.05) is 18.9 Å². The Morgan fingerprint density at radius 2 is 2.18 bits per heavy atom. The number of esters is 1. The van der Waals surface area contributed by atoms with Crippen molar-refractivity contribution in [3.05, 3.63) is 24.3 Å². The molecule has 0 aliphatic rings. The molecule has 0 atom stereocenters. The molecule has 0 fully saturated rings. The van der Waals surface area contributed by atoms with Crippen LogP contribution < -0.4 is 5.32 Å². The van der Waals surface area contributed by atoms with Gasteiger partial charge in [-0.15, -0.1) is 11.3 Å². The number of para-hydroxylation sites is 1. The summed E-state index contributed by atoms with van der Waals surface area (Å²) < 4.78 is 6.84. The Bertz CT molecular complexity index is 610. The highest BCUT2D eigenvalue weighted by molar-refractivity contribution is 8.01. The van der Waals surface area contributed by atoms with Crippen molar-refractivity contribution < 1.29 is 14.3 Å². The molecule has 2 aromatic rings. The Labute approximate surface area is 137 Å². The molecule has 0 aliphatic carbocycles. The summed E-state index contributed by atoms with van der Waals surface area (Å²) in [4.78, 5) is 27.3. The van der Waals surface area contributed by atoms with Crippen LogP contribution in [0.2, 0.25) is 0 Å². The molecule has 1 amide bonds. The summed E-state index contributed by atoms with van der Waals surface area (Å²) in [5.74, 6) is 0.0629. The quantitative estimate of drug-likeness (QED) is 0.455. The lowest BCUT2D eigenvalue weighted by atomic mass is 10.3. The largest absolute Gasteiger partial charge is 0.466 e. The molecule has 1 heterocycles. The molecule has 22 heavy (non-hydrogen) atoms. The Balaban J connectivity index is 1.66. The van der Waals surface area contributed by atoms with Crippen LogP contribution in [0.15, 0.2) is 28.6 Å². The third-order valence-corrected chi connectivity index (χ3v) is 4.97. The van der Waals surface area contributed by atoms with Gasteiger partial charge in [-0.25, -0.2) is 4.98 Å². The number of nitrogens with zero attached hydrogens (tertiary/aromatic N) is 1. The van der Waals surface area contributed by atoms with Gasteiger partial charge in [0.05, 0.1) is 22.6 Å². The maximum atomic E-state index is 11.7. The van der Waals surface area contributed by atoms with E-state index in [9.17, 15) is 9.59 Å². The number of thiazole rings is 1. The number of nitrogens with one attached hydrogen (secondary N) is 1. The Hall–Kier alpha value is -1.60. The van der Waals surface area contributed by atoms with Crippen LogP contribution >= 0.6 is 23.1 Å². The highest BCUT2D eigenvalue weighted by atomic mass is 32.2. The van der Waals surface area contributed by atoms with Crippen molar-refractivity contribution in [2.24, 2.45) is 0 Å². The maximum Gasteiger partial charge on any atom is 0.305 e. The Morgan fingerprint density at radius 3 is 2.95 bits per heavy atom. The van der Waals surface area contributed by atoms with Gasteiger partial charge in [-0.2, -0.15) is 0 Å². The van der Waals surface area contributed by atoms with Gasteiger partial charge < -0.3 is 10.1 Å². The molecular formula is C15H18N2O3S2. The lowest BCUT2D eigenvalue weighted by Crippen LogP contribution is -2.26. The van der Waals surface area contributed by atoms with Gasteiger partial charge in [0.15, 0.2) is 4.34 Å². The molecular weight excluding hydrogens is 320 g/mol. The van der Waals surface area contributed by atoms with E-state index < -0.39 is 0 Å². The molecule has 0 spiro atoms. The number of aromatic nitrogens is 1. The fraction of sp³-hybridized carbons (Fsp3) is 0.400. The van der Waals surface area contributed by atoms with E-state index in [4.69, 9.17) is 4.74 Å². The van der Waals surface area contributed by atoms with Gasteiger partial charge in [0, 0.05) is 13.0 Å². The van der Waals surface area contributed by atoms with E-state index in [1.54, 1.807) is 18.3 Å². The molecule has 0 aliphatic heterocycles. The van der Waals surface area contributed by atoms with Crippen molar-refractivity contribution >= 4 is 45.2 Å². The molecule has 0 saturated heterocycles. The standard InChI is InChI=1S/C15H18N2O3S2/c1-2-20-14(19)8-5-9-16-13(18)10-21-15-17-11-6-3-4-7-12(11)22-15/h3-4,6-7H,2,5,8-10H2,1H3,(H,16,18). The van der Waals surface area contributed by atoms with Crippen LogP contribution in [-0.2, 0) is 14.3 Å². The van der Waals surface area contributed by atoms with Gasteiger partial charge in [0.25, 0.3) is 0 Å². The number of benzene rings is 1. The first-order chi connectivity index (χ1) is 10.7. The van der Waals surface area contributed by atoms with Crippen molar-refractivity contribution in [3.8, 4) is 0 Å². The minimum atomic E-state index is -0.222. The number of hydrogen-bond donors (Lipinski definition) is 1. The topological polar surface area (TPSA) is 68.3 Å². The van der Waals surface area contributed by atoms with Crippen molar-refractivity contribution in [2.45, 2.75) is 24.1 Å². The summed E-state index contributed by atoms with van der Waals surface area (Å²) in [6.45, 7) is 2.65. The third-order valence-electron chi connectivity index (χ3n) is 2.79. The minimum Gasteiger partial charge on any atom is -0.466 e. The zero-order chi connectivity index (χ0) is 15.8. The molecule has 0 radical (unpaired) electrons. The van der Waals surface area contributed by atoms with Crippen molar-refractivity contribution in [1.29, 1.82) is 0 Å². The van der Waals surface area contributed by atoms with Crippen LogP contribution in [-0.4, -0.2) is 35.8 Å². The number of rotatable bonds is 8. The van der Waals surface area contributed by atoms with E-state index in [-0.39, 0.29) is 11.9 Å². The number of fused-ring (bicyclic) bond motifs is 1. The number of hydrogen-bond acceptors (Lipinski definition) is 6. The van der Waals surface area contributed by atoms with Crippen molar-refractivity contribution in [1.82, 2.24) is 10.3 Å². The summed E-state index contributed by atoms with van der Waals surface area (Å²) in [5.41, 5.74) is 0.963. The SMILES string of the molecule is CCOC(=O)CCCNC(=O)CSc1nc2ccccc2s1. The van der Waals surface area contributed by atoms with Crippen LogP contribution in [0.5, 0.6) is 0 Å². The first-order valence-electron chi connectivity index (χ1n) is 7.09. The van der Waals surface area contributed by atoms with Crippen LogP contribution in [0.1, 0.15) is 19.8 Å². The van der Waals surface area contributed by atoms with E-state index in [1.165, 1.54) is 11.8 Å². The second-order valence-electron chi connectivity index (χ2n) is 4.49. The molecule has 5 nitrogen and oxygen atoms in total. The second kappa shape index (κ2) is 8.75. The predicted molar refractivity (Wildman–Crippen MR) is 89.2 cm³/mol. The molecule has 1 N–H and O–H groups in total. The van der Waals surface area contributed by atoms with Crippen LogP contribution in [0.3, 0.4) is 0 Å². The fourth-order valence-corrected chi connectivity index (χ4v) is 3.68. The zero-order valence-electron chi connectivity index (χ0n) is 12.3. The summed E-state index contributed by atoms with van der Waals surface area (Å²) in [6, 6.07) is 7.91. The normalized spacial score (nSPS) is 10.6. The monoisotopic (exact) mass is 338 g/mol. The summed E-state index contributed by atoms with van der Waals surface area (Å²) in [5, 5.41) is 2.79. The minimum absolute atomic E-state index is 0.0480. The number of carbonyl (C=O) groups is 2. The van der Waals surface area contributed by atoms with E-state index in [0.717, 1.165) is 14.6 Å². The number of carbonyl (C=O) groups excluding carboxylic acids is 2. The summed E-state index contributed by atoms with van der Waals surface area (Å²) >= 11 is 3.02. The highest BCUT2D eigenvalue weighted by Crippen LogP contribution is 2.28. The number of thioether (sulfide) groups is 1. The van der Waals surface area contributed by atoms with Gasteiger partial charge in [0.1, 0.15) is 0 Å².